The van der Waals surface area contributed by atoms with Crippen LogP contribution >= 0.6 is 22.7 Å². The zero-order chi connectivity index (χ0) is 16.3. The van der Waals surface area contributed by atoms with Crippen LogP contribution in [0.15, 0.2) is 47.2 Å². The Morgan fingerprint density at radius 3 is 2.65 bits per heavy atom. The first kappa shape index (κ1) is 16.1. The number of hydrogen-bond acceptors (Lipinski definition) is 5. The summed E-state index contributed by atoms with van der Waals surface area (Å²) in [6, 6.07) is 11.1. The molecule has 2 heterocycles. The Hall–Kier alpha value is -1.74. The summed E-state index contributed by atoms with van der Waals surface area (Å²) in [6.07, 6.45) is 1.33. The van der Waals surface area contributed by atoms with Gasteiger partial charge in [0.25, 0.3) is 0 Å². The summed E-state index contributed by atoms with van der Waals surface area (Å²) in [5, 5.41) is 5.04. The maximum Gasteiger partial charge on any atom is 0.357 e. The Kier molecular flexibility index (Phi) is 4.76. The second kappa shape index (κ2) is 6.79. The van der Waals surface area contributed by atoms with Gasteiger partial charge in [-0.1, -0.05) is 24.3 Å². The van der Waals surface area contributed by atoms with Crippen molar-refractivity contribution in [2.75, 3.05) is 4.72 Å². The Morgan fingerprint density at radius 1 is 1.09 bits per heavy atom. The van der Waals surface area contributed by atoms with Crippen LogP contribution in [0.3, 0.4) is 0 Å². The molecule has 0 aliphatic rings. The number of benzene rings is 1. The second-order valence-electron chi connectivity index (χ2n) is 4.86. The van der Waals surface area contributed by atoms with Crippen molar-refractivity contribution in [1.82, 2.24) is 4.98 Å². The minimum absolute atomic E-state index is 0.392. The number of rotatable bonds is 6. The first-order chi connectivity index (χ1) is 11.0. The molecule has 23 heavy (non-hydrogen) atoms. The topological polar surface area (TPSA) is 79.3 Å². The highest BCUT2D eigenvalue weighted by Gasteiger charge is 2.10. The molecule has 120 valence electrons. The van der Waals surface area contributed by atoms with Gasteiger partial charge in [0.2, 0.25) is 0 Å². The smallest absolute Gasteiger partial charge is 0.269 e. The lowest BCUT2D eigenvalue weighted by Gasteiger charge is -2.08. The standard InChI is InChI=1S/C15H14N2O3S3/c18-23(19,20)17-13-5-2-1-4-11(13)7-8-12-10-22-15(16-12)14-6-3-9-21-14/h1-6,9-10,17H,7-8H2,(H,18,19,20). The predicted molar refractivity (Wildman–Crippen MR) is 94.4 cm³/mol. The second-order valence-corrected chi connectivity index (χ2v) is 7.82. The van der Waals surface area contributed by atoms with Crippen LogP contribution in [0.5, 0.6) is 0 Å². The number of nitrogens with one attached hydrogen (secondary N) is 1. The van der Waals surface area contributed by atoms with Gasteiger partial charge in [-0.15, -0.1) is 22.7 Å². The fourth-order valence-corrected chi connectivity index (χ4v) is 4.32. The van der Waals surface area contributed by atoms with Gasteiger partial charge in [0, 0.05) is 5.38 Å². The summed E-state index contributed by atoms with van der Waals surface area (Å²) in [5.41, 5.74) is 2.18. The number of aromatic nitrogens is 1. The van der Waals surface area contributed by atoms with Crippen molar-refractivity contribution in [3.63, 3.8) is 0 Å². The van der Waals surface area contributed by atoms with Crippen molar-refractivity contribution in [2.45, 2.75) is 12.8 Å². The van der Waals surface area contributed by atoms with Crippen LogP contribution in [-0.4, -0.2) is 18.0 Å². The molecule has 0 fully saturated rings. The van der Waals surface area contributed by atoms with Gasteiger partial charge in [0.1, 0.15) is 5.01 Å². The van der Waals surface area contributed by atoms with Crippen molar-refractivity contribution >= 4 is 38.7 Å². The van der Waals surface area contributed by atoms with Crippen LogP contribution in [0.1, 0.15) is 11.3 Å². The van der Waals surface area contributed by atoms with Gasteiger partial charge in [-0.2, -0.15) is 8.42 Å². The van der Waals surface area contributed by atoms with E-state index in [4.69, 9.17) is 4.55 Å². The lowest BCUT2D eigenvalue weighted by Crippen LogP contribution is -2.12. The molecule has 0 unspecified atom stereocenters. The Labute approximate surface area is 142 Å². The van der Waals surface area contributed by atoms with E-state index in [9.17, 15) is 8.42 Å². The van der Waals surface area contributed by atoms with Gasteiger partial charge in [-0.05, 0) is 35.9 Å². The van der Waals surface area contributed by atoms with E-state index in [1.807, 2.05) is 35.0 Å². The molecule has 5 nitrogen and oxygen atoms in total. The third kappa shape index (κ3) is 4.38. The van der Waals surface area contributed by atoms with Crippen molar-refractivity contribution in [2.24, 2.45) is 0 Å². The molecular formula is C15H14N2O3S3. The zero-order valence-corrected chi connectivity index (χ0v) is 14.4. The fraction of sp³-hybridized carbons (Fsp3) is 0.133. The van der Waals surface area contributed by atoms with Crippen molar-refractivity contribution in [3.05, 3.63) is 58.4 Å². The highest BCUT2D eigenvalue weighted by atomic mass is 32.2. The number of hydrogen-bond donors (Lipinski definition) is 2. The number of para-hydroxylation sites is 1. The molecule has 0 saturated carbocycles. The van der Waals surface area contributed by atoms with Gasteiger partial charge in [0.05, 0.1) is 16.3 Å². The van der Waals surface area contributed by atoms with Gasteiger partial charge in [-0.3, -0.25) is 9.27 Å². The molecule has 0 saturated heterocycles. The van der Waals surface area contributed by atoms with Crippen LogP contribution in [-0.2, 0) is 23.1 Å². The largest absolute Gasteiger partial charge is 0.357 e. The number of aryl methyl sites for hydroxylation is 2. The molecule has 0 atom stereocenters. The van der Waals surface area contributed by atoms with E-state index in [1.165, 1.54) is 0 Å². The summed E-state index contributed by atoms with van der Waals surface area (Å²) >= 11 is 3.26. The molecule has 0 amide bonds. The summed E-state index contributed by atoms with van der Waals surface area (Å²) < 4.78 is 33.1. The number of thiophene rings is 1. The molecule has 3 aromatic rings. The van der Waals surface area contributed by atoms with E-state index in [0.29, 0.717) is 18.5 Å². The minimum atomic E-state index is -4.27. The van der Waals surface area contributed by atoms with Gasteiger partial charge in [-0.25, -0.2) is 4.98 Å². The van der Waals surface area contributed by atoms with E-state index in [-0.39, 0.29) is 0 Å². The van der Waals surface area contributed by atoms with Crippen molar-refractivity contribution < 1.29 is 13.0 Å². The number of thiazole rings is 1. The van der Waals surface area contributed by atoms with Crippen LogP contribution in [0, 0.1) is 0 Å². The molecule has 0 bridgehead atoms. The van der Waals surface area contributed by atoms with Gasteiger partial charge < -0.3 is 0 Å². The quantitative estimate of drug-likeness (QED) is 0.649. The van der Waals surface area contributed by atoms with E-state index in [2.05, 4.69) is 9.71 Å². The molecule has 8 heteroatoms. The number of nitrogens with zero attached hydrogens (tertiary/aromatic N) is 1. The fourth-order valence-electron chi connectivity index (χ4n) is 2.17. The Morgan fingerprint density at radius 2 is 1.91 bits per heavy atom. The Balaban J connectivity index is 1.72. The number of anilines is 1. The normalized spacial score (nSPS) is 11.5. The van der Waals surface area contributed by atoms with E-state index < -0.39 is 10.3 Å². The molecule has 2 N–H and O–H groups in total. The molecule has 0 radical (unpaired) electrons. The van der Waals surface area contributed by atoms with Gasteiger partial charge >= 0.3 is 10.3 Å². The summed E-state index contributed by atoms with van der Waals surface area (Å²) in [6.45, 7) is 0. The monoisotopic (exact) mass is 366 g/mol. The first-order valence-electron chi connectivity index (χ1n) is 6.83. The van der Waals surface area contributed by atoms with Crippen molar-refractivity contribution in [1.29, 1.82) is 0 Å². The summed E-state index contributed by atoms with van der Waals surface area (Å²) in [5.74, 6) is 0. The molecule has 0 aliphatic heterocycles. The maximum absolute atomic E-state index is 11.0. The van der Waals surface area contributed by atoms with Crippen LogP contribution in [0.4, 0.5) is 5.69 Å². The maximum atomic E-state index is 11.0. The lowest BCUT2D eigenvalue weighted by atomic mass is 10.1. The van der Waals surface area contributed by atoms with Crippen molar-refractivity contribution in [3.8, 4) is 9.88 Å². The minimum Gasteiger partial charge on any atom is -0.269 e. The van der Waals surface area contributed by atoms with Gasteiger partial charge in [0.15, 0.2) is 0 Å². The highest BCUT2D eigenvalue weighted by Crippen LogP contribution is 2.28. The Bertz CT molecular complexity index is 886. The molecule has 3 rings (SSSR count). The van der Waals surface area contributed by atoms with E-state index in [1.54, 1.807) is 34.8 Å². The summed E-state index contributed by atoms with van der Waals surface area (Å²) in [4.78, 5) is 5.76. The first-order valence-corrected chi connectivity index (χ1v) is 10.0. The predicted octanol–water partition coefficient (Wildman–Crippen LogP) is 3.87. The molecular weight excluding hydrogens is 352 g/mol. The molecule has 0 spiro atoms. The third-order valence-electron chi connectivity index (χ3n) is 3.19. The average molecular weight is 366 g/mol. The average Bonchev–Trinajstić information content (AvgIpc) is 3.16. The van der Waals surface area contributed by atoms with E-state index >= 15 is 0 Å². The molecule has 2 aromatic heterocycles. The zero-order valence-electron chi connectivity index (χ0n) is 12.0. The molecule has 0 aliphatic carbocycles. The van der Waals surface area contributed by atoms with Crippen LogP contribution in [0.2, 0.25) is 0 Å². The third-order valence-corrected chi connectivity index (χ3v) is 5.60. The lowest BCUT2D eigenvalue weighted by molar-refractivity contribution is 0.489. The van der Waals surface area contributed by atoms with Crippen LogP contribution in [0.25, 0.3) is 9.88 Å². The van der Waals surface area contributed by atoms with Crippen LogP contribution < -0.4 is 4.72 Å². The SMILES string of the molecule is O=S(=O)(O)Nc1ccccc1CCc1csc(-c2cccs2)n1. The molecule has 1 aromatic carbocycles. The highest BCUT2D eigenvalue weighted by molar-refractivity contribution is 7.87. The van der Waals surface area contributed by atoms with E-state index in [0.717, 1.165) is 21.1 Å². The summed E-state index contributed by atoms with van der Waals surface area (Å²) in [7, 11) is -4.27.